The number of non-ortho nitro benzene ring substituents is 1. The number of amides is 1. The van der Waals surface area contributed by atoms with E-state index in [4.69, 9.17) is 0 Å². The lowest BCUT2D eigenvalue weighted by atomic mass is 10.00. The van der Waals surface area contributed by atoms with Crippen molar-refractivity contribution in [2.75, 3.05) is 24.0 Å². The average molecular weight is 412 g/mol. The highest BCUT2D eigenvalue weighted by Crippen LogP contribution is 2.29. The second kappa shape index (κ2) is 8.23. The number of nitro benzene ring substituents is 1. The summed E-state index contributed by atoms with van der Waals surface area (Å²) in [6, 6.07) is 23.1. The van der Waals surface area contributed by atoms with Crippen molar-refractivity contribution in [3.05, 3.63) is 106 Å². The first kappa shape index (κ1) is 20.0. The number of hydrogen-bond acceptors (Lipinski definition) is 5. The van der Waals surface area contributed by atoms with Crippen molar-refractivity contribution in [1.82, 2.24) is 0 Å². The van der Waals surface area contributed by atoms with Crippen LogP contribution in [0, 0.1) is 10.1 Å². The summed E-state index contributed by atoms with van der Waals surface area (Å²) in [4.78, 5) is 25.8. The van der Waals surface area contributed by atoms with Gasteiger partial charge in [-0.15, -0.1) is 0 Å². The molecule has 1 aliphatic heterocycles. The third-order valence-corrected chi connectivity index (χ3v) is 4.95. The van der Waals surface area contributed by atoms with Gasteiger partial charge in [-0.3, -0.25) is 14.9 Å². The largest absolute Gasteiger partial charge is 0.378 e. The lowest BCUT2D eigenvalue weighted by Crippen LogP contribution is -2.21. The van der Waals surface area contributed by atoms with Crippen LogP contribution in [-0.2, 0) is 4.79 Å². The Bertz CT molecular complexity index is 1180. The molecule has 0 aromatic heterocycles. The molecule has 0 saturated heterocycles. The van der Waals surface area contributed by atoms with Crippen LogP contribution in [0.5, 0.6) is 0 Å². The van der Waals surface area contributed by atoms with Crippen LogP contribution in [0.15, 0.2) is 89.5 Å². The van der Waals surface area contributed by atoms with E-state index in [0.717, 1.165) is 16.8 Å². The highest BCUT2D eigenvalue weighted by molar-refractivity contribution is 6.37. The highest BCUT2D eigenvalue weighted by Gasteiger charge is 2.32. The number of carbonyl (C=O) groups excluding carboxylic acids is 1. The minimum Gasteiger partial charge on any atom is -0.378 e. The quantitative estimate of drug-likeness (QED) is 0.351. The summed E-state index contributed by atoms with van der Waals surface area (Å²) in [5, 5.41) is 16.8. The molecule has 1 amide bonds. The van der Waals surface area contributed by atoms with Crippen molar-refractivity contribution in [3.63, 3.8) is 0 Å². The van der Waals surface area contributed by atoms with E-state index in [0.29, 0.717) is 17.0 Å². The van der Waals surface area contributed by atoms with Crippen molar-refractivity contribution in [2.24, 2.45) is 5.10 Å². The molecule has 0 N–H and O–H groups in total. The van der Waals surface area contributed by atoms with E-state index < -0.39 is 4.92 Å². The fourth-order valence-corrected chi connectivity index (χ4v) is 3.28. The van der Waals surface area contributed by atoms with Crippen LogP contribution < -0.4 is 9.91 Å². The average Bonchev–Trinajstić information content (AvgIpc) is 3.11. The minimum absolute atomic E-state index is 0.0422. The number of carbonyl (C=O) groups is 1. The highest BCUT2D eigenvalue weighted by atomic mass is 16.6. The molecule has 3 aromatic rings. The van der Waals surface area contributed by atoms with Crippen LogP contribution >= 0.6 is 0 Å². The fraction of sp³-hybridized carbons (Fsp3) is 0.0833. The number of anilines is 2. The van der Waals surface area contributed by atoms with Crippen LogP contribution in [0.2, 0.25) is 0 Å². The van der Waals surface area contributed by atoms with Crippen LogP contribution in [0.25, 0.3) is 6.08 Å². The van der Waals surface area contributed by atoms with Gasteiger partial charge in [0.2, 0.25) is 0 Å². The Kier molecular flexibility index (Phi) is 5.32. The van der Waals surface area contributed by atoms with Crippen LogP contribution in [0.4, 0.5) is 17.1 Å². The molecule has 154 valence electrons. The molecule has 0 radical (unpaired) electrons. The zero-order valence-electron chi connectivity index (χ0n) is 17.1. The molecule has 3 aromatic carbocycles. The molecule has 0 saturated carbocycles. The summed E-state index contributed by atoms with van der Waals surface area (Å²) in [7, 11) is 3.94. The molecule has 0 unspecified atom stereocenters. The van der Waals surface area contributed by atoms with E-state index in [1.54, 1.807) is 0 Å². The minimum atomic E-state index is -0.475. The third-order valence-electron chi connectivity index (χ3n) is 4.95. The van der Waals surface area contributed by atoms with Gasteiger partial charge in [0.25, 0.3) is 11.6 Å². The maximum atomic E-state index is 13.3. The van der Waals surface area contributed by atoms with Crippen molar-refractivity contribution in [1.29, 1.82) is 0 Å². The van der Waals surface area contributed by atoms with Crippen molar-refractivity contribution in [3.8, 4) is 0 Å². The number of nitro groups is 1. The van der Waals surface area contributed by atoms with Gasteiger partial charge in [0.05, 0.1) is 16.2 Å². The molecule has 0 fully saturated rings. The molecule has 4 rings (SSSR count). The second-order valence-corrected chi connectivity index (χ2v) is 7.25. The van der Waals surface area contributed by atoms with Crippen LogP contribution in [0.3, 0.4) is 0 Å². The van der Waals surface area contributed by atoms with Gasteiger partial charge in [-0.1, -0.05) is 42.5 Å². The number of nitrogens with zero attached hydrogens (tertiary/aromatic N) is 4. The van der Waals surface area contributed by atoms with Crippen molar-refractivity contribution < 1.29 is 9.72 Å². The molecule has 0 atom stereocenters. The molecule has 1 heterocycles. The Balaban J connectivity index is 1.75. The van der Waals surface area contributed by atoms with E-state index in [9.17, 15) is 14.9 Å². The predicted molar refractivity (Wildman–Crippen MR) is 122 cm³/mol. The number of benzene rings is 3. The van der Waals surface area contributed by atoms with Crippen molar-refractivity contribution in [2.45, 2.75) is 0 Å². The van der Waals surface area contributed by atoms with Gasteiger partial charge in [-0.2, -0.15) is 10.1 Å². The smallest absolute Gasteiger partial charge is 0.281 e. The van der Waals surface area contributed by atoms with E-state index >= 15 is 0 Å². The van der Waals surface area contributed by atoms with Gasteiger partial charge < -0.3 is 4.90 Å². The molecular weight excluding hydrogens is 392 g/mol. The normalized spacial score (nSPS) is 14.6. The van der Waals surface area contributed by atoms with Gasteiger partial charge in [0.1, 0.15) is 5.71 Å². The lowest BCUT2D eigenvalue weighted by Gasteiger charge is -2.12. The first-order valence-corrected chi connectivity index (χ1v) is 9.66. The van der Waals surface area contributed by atoms with Gasteiger partial charge in [0, 0.05) is 37.5 Å². The summed E-state index contributed by atoms with van der Waals surface area (Å²) >= 11 is 0. The van der Waals surface area contributed by atoms with E-state index in [-0.39, 0.29) is 11.6 Å². The Hall–Kier alpha value is -4.26. The van der Waals surface area contributed by atoms with E-state index in [2.05, 4.69) is 5.10 Å². The molecule has 1 aliphatic rings. The van der Waals surface area contributed by atoms with Crippen LogP contribution in [-0.4, -0.2) is 30.6 Å². The lowest BCUT2D eigenvalue weighted by molar-refractivity contribution is -0.384. The van der Waals surface area contributed by atoms with Gasteiger partial charge in [0.15, 0.2) is 0 Å². The summed E-state index contributed by atoms with van der Waals surface area (Å²) in [5.74, 6) is -0.288. The first-order valence-electron chi connectivity index (χ1n) is 9.66. The zero-order valence-corrected chi connectivity index (χ0v) is 17.1. The Morgan fingerprint density at radius 2 is 1.58 bits per heavy atom. The zero-order chi connectivity index (χ0) is 22.0. The monoisotopic (exact) mass is 412 g/mol. The first-order chi connectivity index (χ1) is 14.9. The fourth-order valence-electron chi connectivity index (χ4n) is 3.28. The Labute approximate surface area is 179 Å². The summed E-state index contributed by atoms with van der Waals surface area (Å²) in [6.45, 7) is 0. The molecule has 7 nitrogen and oxygen atoms in total. The third kappa shape index (κ3) is 4.06. The number of hydrazone groups is 1. The summed E-state index contributed by atoms with van der Waals surface area (Å²) in [6.07, 6.45) is 1.82. The van der Waals surface area contributed by atoms with E-state index in [1.807, 2.05) is 79.7 Å². The molecule has 31 heavy (non-hydrogen) atoms. The topological polar surface area (TPSA) is 79.0 Å². The molecule has 0 bridgehead atoms. The SMILES string of the molecule is CN(C)c1ccc(/C=C2\C(=O)N(c3ccc([N+](=O)[O-])cc3)N=C2c2ccccc2)cc1. The second-order valence-electron chi connectivity index (χ2n) is 7.25. The number of hydrogen-bond donors (Lipinski definition) is 0. The molecular formula is C24H20N4O3. The summed E-state index contributed by atoms with van der Waals surface area (Å²) < 4.78 is 0. The molecule has 0 spiro atoms. The van der Waals surface area contributed by atoms with Crippen molar-refractivity contribution >= 4 is 34.8 Å². The van der Waals surface area contributed by atoms with Crippen LogP contribution in [0.1, 0.15) is 11.1 Å². The Morgan fingerprint density at radius 1 is 0.935 bits per heavy atom. The Morgan fingerprint density at radius 3 is 2.16 bits per heavy atom. The predicted octanol–water partition coefficient (Wildman–Crippen LogP) is 4.50. The standard InChI is InChI=1S/C24H20N4O3/c1-26(2)19-10-8-17(9-11-19)16-22-23(18-6-4-3-5-7-18)25-27(24(22)29)20-12-14-21(15-13-20)28(30)31/h3-16H,1-2H3/b22-16-. The molecule has 7 heteroatoms. The molecule has 0 aliphatic carbocycles. The van der Waals surface area contributed by atoms with Gasteiger partial charge in [-0.05, 0) is 35.9 Å². The summed E-state index contributed by atoms with van der Waals surface area (Å²) in [5.41, 5.74) is 4.20. The van der Waals surface area contributed by atoms with Gasteiger partial charge >= 0.3 is 0 Å². The van der Waals surface area contributed by atoms with E-state index in [1.165, 1.54) is 29.3 Å². The maximum absolute atomic E-state index is 13.3. The number of rotatable bonds is 5. The van der Waals surface area contributed by atoms with Gasteiger partial charge in [-0.25, -0.2) is 0 Å². The maximum Gasteiger partial charge on any atom is 0.281 e.